The lowest BCUT2D eigenvalue weighted by Gasteiger charge is -2.36. The molecule has 0 saturated carbocycles. The molecule has 0 bridgehead atoms. The second-order valence-corrected chi connectivity index (χ2v) is 5.15. The van der Waals surface area contributed by atoms with Crippen LogP contribution in [0.15, 0.2) is 0 Å². The van der Waals surface area contributed by atoms with Crippen molar-refractivity contribution in [3.63, 3.8) is 0 Å². The summed E-state index contributed by atoms with van der Waals surface area (Å²) in [4.78, 5) is 38.9. The molecule has 9 heteroatoms. The van der Waals surface area contributed by atoms with Crippen molar-refractivity contribution in [2.75, 3.05) is 52.6 Å². The van der Waals surface area contributed by atoms with Gasteiger partial charge in [-0.25, -0.2) is 20.0 Å². The number of morpholine rings is 2. The molecule has 0 radical (unpaired) electrons. The fraction of sp³-hybridized carbons (Fsp3) is 0.769. The summed E-state index contributed by atoms with van der Waals surface area (Å²) in [5, 5.41) is 1.08. The van der Waals surface area contributed by atoms with Gasteiger partial charge >= 0.3 is 12.1 Å². The van der Waals surface area contributed by atoms with Gasteiger partial charge in [0.15, 0.2) is 0 Å². The molecule has 0 aliphatic carbocycles. The smallest absolute Gasteiger partial charge is 0.339 e. The van der Waals surface area contributed by atoms with E-state index in [1.54, 1.807) is 16.7 Å². The maximum Gasteiger partial charge on any atom is 0.339 e. The van der Waals surface area contributed by atoms with Crippen LogP contribution in [0, 0.1) is 0 Å². The molecule has 2 rings (SSSR count). The summed E-state index contributed by atoms with van der Waals surface area (Å²) in [6.07, 6.45) is 0.623. The number of carbonyl (C=O) groups excluding carboxylic acids is 3. The van der Waals surface area contributed by atoms with Crippen molar-refractivity contribution in [2.24, 2.45) is 0 Å². The largest absolute Gasteiger partial charge is 0.378 e. The third-order valence-electron chi connectivity index (χ3n) is 3.61. The topological polar surface area (TPSA) is 91.4 Å². The Morgan fingerprint density at radius 1 is 1.05 bits per heavy atom. The third-order valence-corrected chi connectivity index (χ3v) is 3.61. The Labute approximate surface area is 129 Å². The molecule has 2 heterocycles. The number of ether oxygens (including phenoxy) is 2. The quantitative estimate of drug-likeness (QED) is 0.537. The van der Waals surface area contributed by atoms with E-state index < -0.39 is 18.1 Å². The zero-order valence-corrected chi connectivity index (χ0v) is 12.7. The van der Waals surface area contributed by atoms with Crippen LogP contribution in [0.1, 0.15) is 6.92 Å². The van der Waals surface area contributed by atoms with Crippen LogP contribution in [0.25, 0.3) is 0 Å². The molecule has 124 valence electrons. The van der Waals surface area contributed by atoms with Gasteiger partial charge < -0.3 is 24.1 Å². The molecule has 2 aliphatic heterocycles. The lowest BCUT2D eigenvalue weighted by Crippen LogP contribution is -2.60. The number of hydrogen-bond donors (Lipinski definition) is 1. The Hall–Kier alpha value is -1.87. The fourth-order valence-corrected chi connectivity index (χ4v) is 2.23. The van der Waals surface area contributed by atoms with E-state index in [0.717, 1.165) is 5.01 Å². The van der Waals surface area contributed by atoms with Gasteiger partial charge in [-0.3, -0.25) is 0 Å². The predicted molar refractivity (Wildman–Crippen MR) is 76.1 cm³/mol. The van der Waals surface area contributed by atoms with Gasteiger partial charge in [0.25, 0.3) is 0 Å². The molecule has 0 aromatic heterocycles. The van der Waals surface area contributed by atoms with E-state index in [4.69, 9.17) is 9.47 Å². The number of carbonyl (C=O) groups is 3. The van der Waals surface area contributed by atoms with Gasteiger partial charge in [-0.2, -0.15) is 0 Å². The highest BCUT2D eigenvalue weighted by atomic mass is 16.5. The van der Waals surface area contributed by atoms with Crippen LogP contribution < -0.4 is 5.43 Å². The van der Waals surface area contributed by atoms with Gasteiger partial charge in [-0.1, -0.05) is 0 Å². The van der Waals surface area contributed by atoms with Crippen molar-refractivity contribution in [3.05, 3.63) is 0 Å². The second-order valence-electron chi connectivity index (χ2n) is 5.15. The molecule has 22 heavy (non-hydrogen) atoms. The highest BCUT2D eigenvalue weighted by molar-refractivity contribution is 5.83. The molecule has 0 spiro atoms. The molecule has 0 aromatic carbocycles. The summed E-state index contributed by atoms with van der Waals surface area (Å²) in [5.74, 6) is 0. The maximum atomic E-state index is 12.5. The molecule has 2 aliphatic rings. The van der Waals surface area contributed by atoms with Crippen LogP contribution in [0.2, 0.25) is 0 Å². The van der Waals surface area contributed by atoms with Crippen LogP contribution in [-0.2, 0) is 14.3 Å². The minimum absolute atomic E-state index is 0.399. The van der Waals surface area contributed by atoms with Crippen LogP contribution >= 0.6 is 0 Å². The van der Waals surface area contributed by atoms with E-state index in [1.807, 2.05) is 0 Å². The first-order valence-electron chi connectivity index (χ1n) is 7.38. The summed E-state index contributed by atoms with van der Waals surface area (Å²) in [7, 11) is 0. The van der Waals surface area contributed by atoms with Crippen molar-refractivity contribution in [3.8, 4) is 0 Å². The minimum Gasteiger partial charge on any atom is -0.378 e. The number of urea groups is 2. The normalized spacial score (nSPS) is 20.2. The van der Waals surface area contributed by atoms with E-state index >= 15 is 0 Å². The fourth-order valence-electron chi connectivity index (χ4n) is 2.23. The molecule has 2 saturated heterocycles. The first-order chi connectivity index (χ1) is 10.6. The highest BCUT2D eigenvalue weighted by Crippen LogP contribution is 2.06. The molecule has 0 unspecified atom stereocenters. The highest BCUT2D eigenvalue weighted by Gasteiger charge is 2.29. The number of nitrogens with one attached hydrogen (secondary N) is 1. The van der Waals surface area contributed by atoms with Crippen molar-refractivity contribution in [1.29, 1.82) is 0 Å². The van der Waals surface area contributed by atoms with Crippen molar-refractivity contribution >= 4 is 18.3 Å². The number of rotatable bonds is 2. The summed E-state index contributed by atoms with van der Waals surface area (Å²) in [6, 6.07) is -1.55. The van der Waals surface area contributed by atoms with Crippen LogP contribution in [-0.4, -0.2) is 91.8 Å². The van der Waals surface area contributed by atoms with E-state index in [1.165, 1.54) is 0 Å². The van der Waals surface area contributed by atoms with Crippen molar-refractivity contribution in [2.45, 2.75) is 13.0 Å². The molecule has 2 fully saturated rings. The molecule has 0 aromatic rings. The average Bonchev–Trinajstić information content (AvgIpc) is 2.59. The molecular weight excluding hydrogens is 292 g/mol. The van der Waals surface area contributed by atoms with E-state index in [9.17, 15) is 14.4 Å². The number of amides is 4. The summed E-state index contributed by atoms with van der Waals surface area (Å²) < 4.78 is 10.4. The summed E-state index contributed by atoms with van der Waals surface area (Å²) in [5.41, 5.74) is 2.54. The van der Waals surface area contributed by atoms with Gasteiger partial charge in [0.05, 0.1) is 26.4 Å². The number of hydrazine groups is 1. The first kappa shape index (κ1) is 16.5. The van der Waals surface area contributed by atoms with E-state index in [-0.39, 0.29) is 0 Å². The summed E-state index contributed by atoms with van der Waals surface area (Å²) in [6.45, 7) is 5.19. The molecular formula is C13H22N4O5. The van der Waals surface area contributed by atoms with E-state index in [2.05, 4.69) is 5.43 Å². The zero-order valence-electron chi connectivity index (χ0n) is 12.7. The Bertz CT molecular complexity index is 407. The SMILES string of the molecule is C[C@H](C=O)N(NC(=O)N1CCOCC1)C(=O)N1CCOCC1. The number of hydrogen-bond acceptors (Lipinski definition) is 5. The Morgan fingerprint density at radius 3 is 2.05 bits per heavy atom. The Morgan fingerprint density at radius 2 is 1.55 bits per heavy atom. The Balaban J connectivity index is 2.00. The van der Waals surface area contributed by atoms with Gasteiger partial charge in [-0.05, 0) is 6.92 Å². The average molecular weight is 314 g/mol. The standard InChI is InChI=1S/C13H22N4O5/c1-11(10-18)17(13(20)16-4-8-22-9-5-16)14-12(19)15-2-6-21-7-3-15/h10-11H,2-9H2,1H3,(H,14,19)/t11-/m1/s1. The predicted octanol–water partition coefficient (Wildman–Crippen LogP) is -0.715. The van der Waals surface area contributed by atoms with Crippen molar-refractivity contribution in [1.82, 2.24) is 20.2 Å². The van der Waals surface area contributed by atoms with Gasteiger partial charge in [0.2, 0.25) is 0 Å². The minimum atomic E-state index is -0.750. The maximum absolute atomic E-state index is 12.5. The monoisotopic (exact) mass is 314 g/mol. The van der Waals surface area contributed by atoms with Gasteiger partial charge in [-0.15, -0.1) is 0 Å². The second kappa shape index (κ2) is 7.95. The zero-order chi connectivity index (χ0) is 15.9. The summed E-state index contributed by atoms with van der Waals surface area (Å²) >= 11 is 0. The molecule has 1 N–H and O–H groups in total. The molecule has 1 atom stereocenters. The number of aldehydes is 1. The molecule has 4 amide bonds. The van der Waals surface area contributed by atoms with Gasteiger partial charge in [0.1, 0.15) is 12.3 Å². The lowest BCUT2D eigenvalue weighted by molar-refractivity contribution is -0.112. The van der Waals surface area contributed by atoms with Crippen LogP contribution in [0.5, 0.6) is 0 Å². The lowest BCUT2D eigenvalue weighted by atomic mass is 10.3. The first-order valence-corrected chi connectivity index (χ1v) is 7.38. The van der Waals surface area contributed by atoms with Crippen molar-refractivity contribution < 1.29 is 23.9 Å². The van der Waals surface area contributed by atoms with Crippen LogP contribution in [0.3, 0.4) is 0 Å². The third kappa shape index (κ3) is 4.08. The number of nitrogens with zero attached hydrogens (tertiary/aromatic N) is 3. The van der Waals surface area contributed by atoms with Gasteiger partial charge in [0, 0.05) is 26.2 Å². The van der Waals surface area contributed by atoms with Crippen LogP contribution in [0.4, 0.5) is 9.59 Å². The molecule has 9 nitrogen and oxygen atoms in total. The Kier molecular flexibility index (Phi) is 5.96. The van der Waals surface area contributed by atoms with E-state index in [0.29, 0.717) is 58.9 Å².